The molecule has 3 aromatic rings. The number of aromatic nitrogens is 1. The average Bonchev–Trinajstić information content (AvgIpc) is 3.40. The number of pyridine rings is 1. The van der Waals surface area contributed by atoms with Gasteiger partial charge in [-0.1, -0.05) is 37.6 Å². The SMILES string of the molecule is CC(C)(CO)CN1C(=O)c2cc3c(cc2C1=O)N=C(c1c(NC[C@@H](O)c2cccc(Cl)c2)cc[nH]c1=O)C3. The molecule has 0 spiro atoms. The minimum absolute atomic E-state index is 0.102. The molecule has 196 valence electrons. The summed E-state index contributed by atoms with van der Waals surface area (Å²) in [6.45, 7) is 3.63. The van der Waals surface area contributed by atoms with Crippen LogP contribution >= 0.6 is 11.6 Å². The summed E-state index contributed by atoms with van der Waals surface area (Å²) in [6.07, 6.45) is 0.948. The number of aliphatic hydroxyl groups is 2. The highest BCUT2D eigenvalue weighted by Gasteiger charge is 2.40. The molecule has 0 bridgehead atoms. The van der Waals surface area contributed by atoms with Gasteiger partial charge in [-0.05, 0) is 41.5 Å². The van der Waals surface area contributed by atoms with Crippen molar-refractivity contribution < 1.29 is 19.8 Å². The Balaban J connectivity index is 1.40. The first-order chi connectivity index (χ1) is 18.1. The number of anilines is 1. The fraction of sp³-hybridized carbons (Fsp3) is 0.286. The van der Waals surface area contributed by atoms with Crippen molar-refractivity contribution in [3.8, 4) is 0 Å². The van der Waals surface area contributed by atoms with E-state index in [0.717, 1.165) is 10.5 Å². The van der Waals surface area contributed by atoms with Crippen molar-refractivity contribution in [2.24, 2.45) is 10.4 Å². The Kier molecular flexibility index (Phi) is 6.68. The maximum absolute atomic E-state index is 13.0. The van der Waals surface area contributed by atoms with E-state index in [2.05, 4.69) is 15.3 Å². The number of imide groups is 1. The number of hydrogen-bond acceptors (Lipinski definition) is 7. The summed E-state index contributed by atoms with van der Waals surface area (Å²) in [5.41, 5.74) is 2.79. The molecule has 10 heteroatoms. The lowest BCUT2D eigenvalue weighted by atomic mass is 9.94. The van der Waals surface area contributed by atoms with Crippen molar-refractivity contribution in [3.05, 3.63) is 91.9 Å². The van der Waals surface area contributed by atoms with Crippen LogP contribution in [0.1, 0.15) is 57.4 Å². The van der Waals surface area contributed by atoms with E-state index in [4.69, 9.17) is 11.6 Å². The summed E-state index contributed by atoms with van der Waals surface area (Å²) in [5.74, 6) is -0.828. The number of nitrogens with zero attached hydrogens (tertiary/aromatic N) is 2. The molecule has 0 saturated carbocycles. The topological polar surface area (TPSA) is 135 Å². The van der Waals surface area contributed by atoms with E-state index in [1.807, 2.05) is 0 Å². The predicted octanol–water partition coefficient (Wildman–Crippen LogP) is 3.47. The molecule has 2 aromatic carbocycles. The Bertz CT molecular complexity index is 1540. The number of nitrogens with one attached hydrogen (secondary N) is 2. The summed E-state index contributed by atoms with van der Waals surface area (Å²) in [6, 6.07) is 11.9. The summed E-state index contributed by atoms with van der Waals surface area (Å²) < 4.78 is 0. The molecule has 0 fully saturated rings. The van der Waals surface area contributed by atoms with Gasteiger partial charge in [0.25, 0.3) is 17.4 Å². The fourth-order valence-electron chi connectivity index (χ4n) is 4.70. The molecule has 9 nitrogen and oxygen atoms in total. The van der Waals surface area contributed by atoms with Crippen molar-refractivity contribution in [1.29, 1.82) is 0 Å². The third kappa shape index (κ3) is 4.76. The van der Waals surface area contributed by atoms with Crippen LogP contribution in [0.3, 0.4) is 0 Å². The minimum Gasteiger partial charge on any atom is -0.396 e. The molecule has 0 aliphatic carbocycles. The number of hydrogen-bond donors (Lipinski definition) is 4. The van der Waals surface area contributed by atoms with Crippen LogP contribution in [0, 0.1) is 5.41 Å². The Morgan fingerprint density at radius 2 is 1.87 bits per heavy atom. The molecule has 1 aromatic heterocycles. The van der Waals surface area contributed by atoms with Crippen molar-refractivity contribution in [2.75, 3.05) is 25.0 Å². The number of aromatic amines is 1. The van der Waals surface area contributed by atoms with Crippen LogP contribution in [-0.2, 0) is 6.42 Å². The zero-order chi connectivity index (χ0) is 27.2. The van der Waals surface area contributed by atoms with Gasteiger partial charge in [0.15, 0.2) is 0 Å². The number of carbonyl (C=O) groups is 2. The van der Waals surface area contributed by atoms with Crippen molar-refractivity contribution in [2.45, 2.75) is 26.4 Å². The molecule has 3 heterocycles. The van der Waals surface area contributed by atoms with E-state index in [9.17, 15) is 24.6 Å². The standard InChI is InChI=1S/C28H27ClN4O5/c1-28(2,14-34)13-33-26(37)18-9-16-10-22(32-21(16)11-19(18)27(33)38)24-20(6-7-30-25(24)36)31-12-23(35)15-4-3-5-17(29)8-15/h3-9,11,23,34-35H,10,12-14H2,1-2H3,(H2,30,31,36)/t23-/m1/s1. The smallest absolute Gasteiger partial charge is 0.261 e. The van der Waals surface area contributed by atoms with Crippen LogP contribution in [0.2, 0.25) is 5.02 Å². The Morgan fingerprint density at radius 3 is 2.58 bits per heavy atom. The van der Waals surface area contributed by atoms with Crippen LogP contribution in [-0.4, -0.2) is 57.3 Å². The van der Waals surface area contributed by atoms with Gasteiger partial charge in [-0.3, -0.25) is 24.3 Å². The molecule has 2 amide bonds. The quantitative estimate of drug-likeness (QED) is 0.327. The number of fused-ring (bicyclic) bond motifs is 2. The first kappa shape index (κ1) is 25.8. The third-order valence-corrected chi connectivity index (χ3v) is 7.00. The monoisotopic (exact) mass is 534 g/mol. The molecule has 0 unspecified atom stereocenters. The largest absolute Gasteiger partial charge is 0.396 e. The summed E-state index contributed by atoms with van der Waals surface area (Å²) in [5, 5.41) is 23.8. The second-order valence-electron chi connectivity index (χ2n) is 10.3. The van der Waals surface area contributed by atoms with E-state index in [0.29, 0.717) is 45.2 Å². The number of aliphatic hydroxyl groups excluding tert-OH is 2. The van der Waals surface area contributed by atoms with Gasteiger partial charge in [-0.15, -0.1) is 0 Å². The first-order valence-corrected chi connectivity index (χ1v) is 12.6. The lowest BCUT2D eigenvalue weighted by molar-refractivity contribution is 0.0529. The Hall–Kier alpha value is -3.79. The van der Waals surface area contributed by atoms with E-state index in [1.54, 1.807) is 56.3 Å². The van der Waals surface area contributed by atoms with Gasteiger partial charge in [0, 0.05) is 42.8 Å². The molecular formula is C28H27ClN4O5. The minimum atomic E-state index is -0.859. The molecule has 0 saturated heterocycles. The number of halogens is 1. The first-order valence-electron chi connectivity index (χ1n) is 12.2. The maximum Gasteiger partial charge on any atom is 0.261 e. The zero-order valence-corrected chi connectivity index (χ0v) is 21.7. The maximum atomic E-state index is 13.0. The molecule has 2 aliphatic heterocycles. The lowest BCUT2D eigenvalue weighted by Crippen LogP contribution is -2.39. The number of aliphatic imine (C=N–C) groups is 1. The van der Waals surface area contributed by atoms with E-state index >= 15 is 0 Å². The van der Waals surface area contributed by atoms with Gasteiger partial charge in [0.2, 0.25) is 0 Å². The van der Waals surface area contributed by atoms with Gasteiger partial charge in [-0.2, -0.15) is 0 Å². The van der Waals surface area contributed by atoms with Crippen LogP contribution in [0.5, 0.6) is 0 Å². The molecule has 4 N–H and O–H groups in total. The molecule has 5 rings (SSSR count). The Labute approximate surface area is 223 Å². The van der Waals surface area contributed by atoms with Crippen LogP contribution in [0.25, 0.3) is 0 Å². The molecule has 1 atom stereocenters. The third-order valence-electron chi connectivity index (χ3n) is 6.77. The van der Waals surface area contributed by atoms with E-state index in [-0.39, 0.29) is 30.8 Å². The van der Waals surface area contributed by atoms with E-state index < -0.39 is 23.3 Å². The van der Waals surface area contributed by atoms with Crippen molar-refractivity contribution >= 4 is 40.5 Å². The van der Waals surface area contributed by atoms with Crippen LogP contribution in [0.4, 0.5) is 11.4 Å². The van der Waals surface area contributed by atoms with Gasteiger partial charge in [0.05, 0.1) is 39.9 Å². The number of rotatable bonds is 8. The zero-order valence-electron chi connectivity index (χ0n) is 20.9. The molecule has 2 aliphatic rings. The highest BCUT2D eigenvalue weighted by molar-refractivity contribution is 6.30. The van der Waals surface area contributed by atoms with Gasteiger partial charge >= 0.3 is 0 Å². The fourth-order valence-corrected chi connectivity index (χ4v) is 4.90. The number of amides is 2. The number of benzene rings is 2. The summed E-state index contributed by atoms with van der Waals surface area (Å²) in [4.78, 5) is 47.4. The highest BCUT2D eigenvalue weighted by Crippen LogP contribution is 2.36. The highest BCUT2D eigenvalue weighted by atomic mass is 35.5. The number of carbonyl (C=O) groups excluding carboxylic acids is 2. The van der Waals surface area contributed by atoms with Crippen LogP contribution in [0.15, 0.2) is 58.4 Å². The normalized spacial score (nSPS) is 15.4. The van der Waals surface area contributed by atoms with Gasteiger partial charge in [0.1, 0.15) is 0 Å². The lowest BCUT2D eigenvalue weighted by Gasteiger charge is -2.26. The summed E-state index contributed by atoms with van der Waals surface area (Å²) >= 11 is 6.03. The van der Waals surface area contributed by atoms with Gasteiger partial charge in [-0.25, -0.2) is 0 Å². The van der Waals surface area contributed by atoms with E-state index in [1.165, 1.54) is 6.20 Å². The second kappa shape index (κ2) is 9.83. The second-order valence-corrected chi connectivity index (χ2v) is 10.8. The predicted molar refractivity (Wildman–Crippen MR) is 145 cm³/mol. The summed E-state index contributed by atoms with van der Waals surface area (Å²) in [7, 11) is 0. The average molecular weight is 535 g/mol. The molecule has 38 heavy (non-hydrogen) atoms. The van der Waals surface area contributed by atoms with Crippen molar-refractivity contribution in [3.63, 3.8) is 0 Å². The van der Waals surface area contributed by atoms with Crippen LogP contribution < -0.4 is 10.9 Å². The molecule has 0 radical (unpaired) electrons. The number of H-pyrrole nitrogens is 1. The Morgan fingerprint density at radius 1 is 1.13 bits per heavy atom. The van der Waals surface area contributed by atoms with Crippen molar-refractivity contribution in [1.82, 2.24) is 9.88 Å². The molecular weight excluding hydrogens is 508 g/mol. The van der Waals surface area contributed by atoms with Gasteiger partial charge < -0.3 is 20.5 Å².